The smallest absolute Gasteiger partial charge is 0.159 e. The second-order valence-electron chi connectivity index (χ2n) is 11.3. The summed E-state index contributed by atoms with van der Waals surface area (Å²) in [7, 11) is 0. The summed E-state index contributed by atoms with van der Waals surface area (Å²) in [4.78, 5) is 0. The summed E-state index contributed by atoms with van der Waals surface area (Å²) >= 11 is 1.88. The first kappa shape index (κ1) is 24.2. The molecule has 0 aliphatic rings. The molecule has 0 bridgehead atoms. The second-order valence-corrected chi connectivity index (χ2v) is 12.4. The van der Waals surface area contributed by atoms with Gasteiger partial charge < -0.3 is 0 Å². The van der Waals surface area contributed by atoms with Crippen molar-refractivity contribution < 1.29 is 8.80 Å². The van der Waals surface area contributed by atoms with E-state index in [4.69, 9.17) is 0 Å². The molecule has 0 radical (unpaired) electrons. The Bertz CT molecular complexity index is 2470. The molecule has 0 unspecified atom stereocenters. The summed E-state index contributed by atoms with van der Waals surface area (Å²) in [6.07, 6.45) is 4.61. The van der Waals surface area contributed by atoms with Gasteiger partial charge in [-0.3, -0.25) is 0 Å². The molecule has 0 saturated carbocycles. The van der Waals surface area contributed by atoms with Gasteiger partial charge in [-0.1, -0.05) is 48.5 Å². The van der Waals surface area contributed by atoms with E-state index in [-0.39, 0.29) is 0 Å². The van der Waals surface area contributed by atoms with Gasteiger partial charge in [0.1, 0.15) is 10.8 Å². The Labute approximate surface area is 242 Å². The van der Waals surface area contributed by atoms with Crippen LogP contribution < -0.4 is 8.80 Å². The lowest BCUT2D eigenvalue weighted by Crippen LogP contribution is -2.28. The molecule has 4 aromatic carbocycles. The number of fused-ring (bicyclic) bond motifs is 13. The predicted molar refractivity (Wildman–Crippen MR) is 175 cm³/mol. The highest BCUT2D eigenvalue weighted by Crippen LogP contribution is 2.38. The lowest BCUT2D eigenvalue weighted by atomic mass is 9.99. The van der Waals surface area contributed by atoms with Crippen molar-refractivity contribution in [2.24, 2.45) is 0 Å². The quantitative estimate of drug-likeness (QED) is 0.168. The van der Waals surface area contributed by atoms with Crippen molar-refractivity contribution in [3.8, 4) is 0 Å². The number of hydrogen-bond donors (Lipinski definition) is 0. The third-order valence-electron chi connectivity index (χ3n) is 8.67. The monoisotopic (exact) mass is 546 g/mol. The molecule has 0 atom stereocenters. The van der Waals surface area contributed by atoms with Crippen LogP contribution in [0.4, 0.5) is 0 Å². The predicted octanol–water partition coefficient (Wildman–Crippen LogP) is 9.35. The molecule has 0 fully saturated rings. The highest BCUT2D eigenvalue weighted by molar-refractivity contribution is 7.24. The Morgan fingerprint density at radius 2 is 1.15 bits per heavy atom. The first-order chi connectivity index (χ1) is 20.0. The van der Waals surface area contributed by atoms with Crippen molar-refractivity contribution in [1.82, 2.24) is 0 Å². The van der Waals surface area contributed by atoms with Gasteiger partial charge in [0, 0.05) is 50.2 Å². The van der Waals surface area contributed by atoms with E-state index < -0.39 is 0 Å². The van der Waals surface area contributed by atoms with E-state index in [1.54, 1.807) is 0 Å². The normalized spacial score (nSPS) is 11.9. The number of rotatable bonds is 0. The van der Waals surface area contributed by atoms with Gasteiger partial charge in [0.2, 0.25) is 22.1 Å². The van der Waals surface area contributed by atoms with Gasteiger partial charge >= 0.3 is 0 Å². The number of pyridine rings is 2. The Hall–Kier alpha value is -4.60. The van der Waals surface area contributed by atoms with E-state index in [9.17, 15) is 0 Å². The fraction of sp³-hybridized carbons (Fsp3) is 0.105. The lowest BCUT2D eigenvalue weighted by Gasteiger charge is -2.06. The highest BCUT2D eigenvalue weighted by Gasteiger charge is 2.22. The van der Waals surface area contributed by atoms with Crippen LogP contribution in [0.3, 0.4) is 0 Å². The summed E-state index contributed by atoms with van der Waals surface area (Å²) in [5.41, 5.74) is 9.92. The minimum absolute atomic E-state index is 1.19. The maximum Gasteiger partial charge on any atom is 0.226 e. The van der Waals surface area contributed by atoms with Crippen LogP contribution in [0.5, 0.6) is 0 Å². The van der Waals surface area contributed by atoms with Crippen LogP contribution >= 0.6 is 11.3 Å². The van der Waals surface area contributed by atoms with Crippen LogP contribution in [0.25, 0.3) is 63.8 Å². The standard InChI is InChI=1S/C38H30N2S/c1-23-16-17-33-30-19-31-37(41-36-15-8-6-11-27(36)28-13-9-10-24(2)38(28)31)20-35(30)40-22-26(4)25(3)18-34(40)29-12-5-7-14-32(29)39(33)21-23/h5-22H,1-4H3/q+2. The van der Waals surface area contributed by atoms with Gasteiger partial charge in [-0.05, 0) is 79.2 Å². The Morgan fingerprint density at radius 1 is 0.439 bits per heavy atom. The molecule has 0 N–H and O–H groups in total. The Morgan fingerprint density at radius 3 is 2.02 bits per heavy atom. The third-order valence-corrected chi connectivity index (χ3v) is 9.80. The fourth-order valence-corrected chi connectivity index (χ4v) is 7.60. The Kier molecular flexibility index (Phi) is 5.29. The maximum atomic E-state index is 2.45. The number of para-hydroxylation sites is 1. The fourth-order valence-electron chi connectivity index (χ4n) is 6.49. The average Bonchev–Trinajstić information content (AvgIpc) is 3.12. The molecular weight excluding hydrogens is 516 g/mol. The molecule has 3 heteroatoms. The second kappa shape index (κ2) is 8.95. The molecular formula is C38H30N2S+2. The molecule has 8 aromatic rings. The van der Waals surface area contributed by atoms with Crippen molar-refractivity contribution in [2.75, 3.05) is 0 Å². The number of aryl methyl sites for hydroxylation is 4. The van der Waals surface area contributed by atoms with Crippen LogP contribution in [0.1, 0.15) is 22.3 Å². The first-order valence-corrected chi connectivity index (χ1v) is 15.0. The van der Waals surface area contributed by atoms with E-state index in [2.05, 4.69) is 146 Å². The molecule has 8 rings (SSSR count). The largest absolute Gasteiger partial charge is 0.226 e. The van der Waals surface area contributed by atoms with Gasteiger partial charge in [-0.2, -0.15) is 8.80 Å². The van der Waals surface area contributed by atoms with Crippen molar-refractivity contribution >= 4 is 75.1 Å². The number of aromatic nitrogens is 2. The van der Waals surface area contributed by atoms with Crippen molar-refractivity contribution in [3.05, 3.63) is 132 Å². The summed E-state index contributed by atoms with van der Waals surface area (Å²) in [5.74, 6) is 0. The number of nitrogens with zero attached hydrogens (tertiary/aromatic N) is 2. The molecule has 4 aromatic heterocycles. The Balaban J connectivity index is 1.78. The molecule has 4 heterocycles. The molecule has 0 aliphatic heterocycles. The molecule has 0 saturated heterocycles. The maximum absolute atomic E-state index is 2.45. The zero-order chi connectivity index (χ0) is 27.8. The summed E-state index contributed by atoms with van der Waals surface area (Å²) in [6, 6.07) is 36.1. The number of benzene rings is 4. The summed E-state index contributed by atoms with van der Waals surface area (Å²) in [5, 5.41) is 7.69. The minimum atomic E-state index is 1.19. The zero-order valence-corrected chi connectivity index (χ0v) is 24.5. The highest BCUT2D eigenvalue weighted by atomic mass is 32.1. The zero-order valence-electron chi connectivity index (χ0n) is 23.7. The molecule has 0 aliphatic carbocycles. The van der Waals surface area contributed by atoms with Crippen LogP contribution in [0.2, 0.25) is 0 Å². The summed E-state index contributed by atoms with van der Waals surface area (Å²) in [6.45, 7) is 8.85. The van der Waals surface area contributed by atoms with Crippen LogP contribution in [-0.2, 0) is 0 Å². The van der Waals surface area contributed by atoms with E-state index in [1.807, 2.05) is 11.3 Å². The van der Waals surface area contributed by atoms with Crippen molar-refractivity contribution in [2.45, 2.75) is 27.7 Å². The van der Waals surface area contributed by atoms with Gasteiger partial charge in [0.15, 0.2) is 12.4 Å². The van der Waals surface area contributed by atoms with Crippen LogP contribution in [0, 0.1) is 27.7 Å². The van der Waals surface area contributed by atoms with Gasteiger partial charge in [0.25, 0.3) is 0 Å². The van der Waals surface area contributed by atoms with Gasteiger partial charge in [0.05, 0.1) is 0 Å². The van der Waals surface area contributed by atoms with E-state index in [0.717, 1.165) is 0 Å². The van der Waals surface area contributed by atoms with Gasteiger partial charge in [-0.25, -0.2) is 0 Å². The molecule has 2 nitrogen and oxygen atoms in total. The molecule has 196 valence electrons. The third kappa shape index (κ3) is 3.62. The van der Waals surface area contributed by atoms with Gasteiger partial charge in [-0.15, -0.1) is 11.3 Å². The van der Waals surface area contributed by atoms with Crippen LogP contribution in [0.15, 0.2) is 109 Å². The minimum Gasteiger partial charge on any atom is -0.159 e. The average molecular weight is 547 g/mol. The molecule has 0 amide bonds. The van der Waals surface area contributed by atoms with E-state index >= 15 is 0 Å². The van der Waals surface area contributed by atoms with E-state index in [1.165, 1.54) is 86.0 Å². The topological polar surface area (TPSA) is 8.20 Å². The molecule has 41 heavy (non-hydrogen) atoms. The number of hydrogen-bond acceptors (Lipinski definition) is 1. The lowest BCUT2D eigenvalue weighted by molar-refractivity contribution is -0.488. The SMILES string of the molecule is Cc1ccc2c3cc4c(cc3[n+]3cc(C)c(C)cc3c3ccccc3[n+]2c1)sc1ccccc1c1cccc(C)c41. The van der Waals surface area contributed by atoms with Crippen molar-refractivity contribution in [3.63, 3.8) is 0 Å². The first-order valence-electron chi connectivity index (χ1n) is 14.2. The van der Waals surface area contributed by atoms with Crippen molar-refractivity contribution in [1.29, 1.82) is 0 Å². The molecule has 0 spiro atoms. The van der Waals surface area contributed by atoms with E-state index in [0.29, 0.717) is 0 Å². The van der Waals surface area contributed by atoms with Crippen LogP contribution in [-0.4, -0.2) is 0 Å². The summed E-state index contributed by atoms with van der Waals surface area (Å²) < 4.78 is 7.40.